The lowest BCUT2D eigenvalue weighted by atomic mass is 10.1. The topological polar surface area (TPSA) is 227 Å². The van der Waals surface area contributed by atoms with Gasteiger partial charge in [-0.25, -0.2) is 4.79 Å². The van der Waals surface area contributed by atoms with Gasteiger partial charge >= 0.3 is 18.0 Å². The molecule has 3 amide bonds. The minimum atomic E-state index is -0.927. The van der Waals surface area contributed by atoms with Crippen molar-refractivity contribution < 1.29 is 67.3 Å². The van der Waals surface area contributed by atoms with Crippen LogP contribution in [0, 0.1) is 0 Å². The van der Waals surface area contributed by atoms with Crippen LogP contribution in [0.2, 0.25) is 0 Å². The smallest absolute Gasteiger partial charge is 0.407 e. The van der Waals surface area contributed by atoms with Crippen molar-refractivity contribution in [3.05, 3.63) is 0 Å². The molecule has 0 saturated carbocycles. The molecule has 274 valence electrons. The highest BCUT2D eigenvalue weighted by Gasteiger charge is 2.20. The number of carboxylic acids is 2. The first-order valence-electron chi connectivity index (χ1n) is 15.8. The van der Waals surface area contributed by atoms with Crippen LogP contribution in [0.5, 0.6) is 0 Å². The van der Waals surface area contributed by atoms with Crippen LogP contribution in [0.1, 0.15) is 59.3 Å². The lowest BCUT2D eigenvalue weighted by Gasteiger charge is -2.20. The molecule has 0 bridgehead atoms. The highest BCUT2D eigenvalue weighted by Crippen LogP contribution is 2.07. The molecular weight excluding hydrogens is 626 g/mol. The van der Waals surface area contributed by atoms with Gasteiger partial charge in [0, 0.05) is 19.5 Å². The first kappa shape index (κ1) is 43.9. The van der Waals surface area contributed by atoms with Crippen LogP contribution >= 0.6 is 0 Å². The number of unbranched alkanes of at least 4 members (excludes halogenated alkanes) is 1. The number of amides is 3. The van der Waals surface area contributed by atoms with Crippen LogP contribution < -0.4 is 16.0 Å². The molecule has 0 aromatic rings. The van der Waals surface area contributed by atoms with Gasteiger partial charge in [-0.3, -0.25) is 19.2 Å². The molecule has 17 heteroatoms. The van der Waals surface area contributed by atoms with Gasteiger partial charge < -0.3 is 59.3 Å². The molecule has 0 radical (unpaired) electrons. The molecule has 0 aliphatic rings. The van der Waals surface area contributed by atoms with Crippen LogP contribution in [0.25, 0.3) is 0 Å². The Hall–Kier alpha value is -3.09. The summed E-state index contributed by atoms with van der Waals surface area (Å²) in [4.78, 5) is 58.0. The SMILES string of the molecule is CC(C)(C)OC(=O)NCCCC[C@H](NC(=O)CCOCCOCCOCCC(=O)O)C(=O)NCCOCCOCCOCCC(=O)O. The molecule has 0 rings (SSSR count). The summed E-state index contributed by atoms with van der Waals surface area (Å²) in [6, 6.07) is -0.794. The second kappa shape index (κ2) is 29.1. The van der Waals surface area contributed by atoms with Crippen LogP contribution in [-0.2, 0) is 52.3 Å². The average Bonchev–Trinajstić information content (AvgIpc) is 2.98. The number of rotatable bonds is 31. The Morgan fingerprint density at radius 1 is 0.574 bits per heavy atom. The number of nitrogens with one attached hydrogen (secondary N) is 3. The van der Waals surface area contributed by atoms with Gasteiger partial charge in [0.1, 0.15) is 11.6 Å². The van der Waals surface area contributed by atoms with Crippen LogP contribution in [-0.4, -0.2) is 144 Å². The fourth-order valence-corrected chi connectivity index (χ4v) is 3.45. The lowest BCUT2D eigenvalue weighted by Crippen LogP contribution is -2.47. The minimum Gasteiger partial charge on any atom is -0.481 e. The van der Waals surface area contributed by atoms with E-state index in [1.807, 2.05) is 0 Å². The monoisotopic (exact) mass is 681 g/mol. The summed E-state index contributed by atoms with van der Waals surface area (Å²) in [5.41, 5.74) is -0.607. The molecular formula is C30H55N3O14. The Labute approximate surface area is 276 Å². The average molecular weight is 682 g/mol. The van der Waals surface area contributed by atoms with Crippen molar-refractivity contribution in [2.75, 3.05) is 92.4 Å². The Morgan fingerprint density at radius 2 is 1.02 bits per heavy atom. The van der Waals surface area contributed by atoms with Crippen molar-refractivity contribution in [2.45, 2.75) is 70.9 Å². The van der Waals surface area contributed by atoms with E-state index in [0.717, 1.165) is 0 Å². The summed E-state index contributed by atoms with van der Waals surface area (Å²) >= 11 is 0. The molecule has 0 aliphatic heterocycles. The molecule has 47 heavy (non-hydrogen) atoms. The number of carbonyl (C=O) groups excluding carboxylic acids is 3. The molecule has 0 aliphatic carbocycles. The number of alkyl carbamates (subject to hydrolysis) is 1. The van der Waals surface area contributed by atoms with E-state index < -0.39 is 29.7 Å². The summed E-state index contributed by atoms with van der Waals surface area (Å²) in [6.07, 6.45) is 0.853. The van der Waals surface area contributed by atoms with Crippen molar-refractivity contribution in [2.24, 2.45) is 0 Å². The number of hydrogen-bond donors (Lipinski definition) is 5. The van der Waals surface area contributed by atoms with E-state index in [0.29, 0.717) is 52.2 Å². The van der Waals surface area contributed by atoms with Gasteiger partial charge in [0.25, 0.3) is 0 Å². The van der Waals surface area contributed by atoms with Crippen molar-refractivity contribution in [3.63, 3.8) is 0 Å². The van der Waals surface area contributed by atoms with Gasteiger partial charge in [0.2, 0.25) is 11.8 Å². The molecule has 0 fully saturated rings. The first-order valence-corrected chi connectivity index (χ1v) is 15.8. The molecule has 0 unspecified atom stereocenters. The van der Waals surface area contributed by atoms with Gasteiger partial charge in [-0.2, -0.15) is 0 Å². The Morgan fingerprint density at radius 3 is 1.49 bits per heavy atom. The second-order valence-electron chi connectivity index (χ2n) is 11.0. The van der Waals surface area contributed by atoms with Gasteiger partial charge in [0.15, 0.2) is 0 Å². The van der Waals surface area contributed by atoms with E-state index in [9.17, 15) is 24.0 Å². The highest BCUT2D eigenvalue weighted by molar-refractivity contribution is 5.87. The van der Waals surface area contributed by atoms with Crippen LogP contribution in [0.4, 0.5) is 4.79 Å². The molecule has 0 saturated heterocycles. The van der Waals surface area contributed by atoms with Crippen molar-refractivity contribution >= 4 is 29.8 Å². The maximum atomic E-state index is 12.9. The lowest BCUT2D eigenvalue weighted by molar-refractivity contribution is -0.139. The zero-order valence-electron chi connectivity index (χ0n) is 28.0. The van der Waals surface area contributed by atoms with Crippen molar-refractivity contribution in [1.29, 1.82) is 0 Å². The molecule has 17 nitrogen and oxygen atoms in total. The predicted octanol–water partition coefficient (Wildman–Crippen LogP) is 0.722. The van der Waals surface area contributed by atoms with E-state index in [4.69, 9.17) is 43.4 Å². The van der Waals surface area contributed by atoms with E-state index in [1.54, 1.807) is 20.8 Å². The highest BCUT2D eigenvalue weighted by atomic mass is 16.6. The predicted molar refractivity (Wildman–Crippen MR) is 167 cm³/mol. The third-order valence-corrected chi connectivity index (χ3v) is 5.67. The van der Waals surface area contributed by atoms with E-state index in [2.05, 4.69) is 16.0 Å². The van der Waals surface area contributed by atoms with Gasteiger partial charge in [-0.1, -0.05) is 0 Å². The summed E-state index contributed by atoms with van der Waals surface area (Å²) in [6.45, 7) is 8.77. The zero-order chi connectivity index (χ0) is 35.2. The number of carbonyl (C=O) groups is 5. The molecule has 0 aromatic carbocycles. The Kier molecular flexibility index (Phi) is 27.2. The summed E-state index contributed by atoms with van der Waals surface area (Å²) in [5.74, 6) is -2.57. The number of hydrogen-bond acceptors (Lipinski definition) is 12. The summed E-state index contributed by atoms with van der Waals surface area (Å²) in [7, 11) is 0. The third kappa shape index (κ3) is 32.6. The normalized spacial score (nSPS) is 11.9. The fraction of sp³-hybridized carbons (Fsp3) is 0.833. The molecule has 5 N–H and O–H groups in total. The molecule has 1 atom stereocenters. The standard InChI is InChI=1S/C30H55N3O14/c1-30(2,3)47-29(40)32-10-5-4-6-24(28(39)31-11-15-44-19-23-46-22-18-43-14-9-27(37)38)33-25(34)7-12-41-16-20-45-21-17-42-13-8-26(35)36/h24H,4-23H2,1-3H3,(H,31,39)(H,32,40)(H,33,34)(H,35,36)(H,37,38)/t24-/m0/s1. The zero-order valence-corrected chi connectivity index (χ0v) is 28.0. The van der Waals surface area contributed by atoms with Gasteiger partial charge in [-0.05, 0) is 40.0 Å². The molecule has 0 spiro atoms. The quantitative estimate of drug-likeness (QED) is 0.0636. The Balaban J connectivity index is 4.33. The Bertz CT molecular complexity index is 869. The van der Waals surface area contributed by atoms with E-state index in [-0.39, 0.29) is 90.5 Å². The van der Waals surface area contributed by atoms with Crippen molar-refractivity contribution in [1.82, 2.24) is 16.0 Å². The van der Waals surface area contributed by atoms with Crippen molar-refractivity contribution in [3.8, 4) is 0 Å². The third-order valence-electron chi connectivity index (χ3n) is 5.67. The van der Waals surface area contributed by atoms with E-state index >= 15 is 0 Å². The maximum Gasteiger partial charge on any atom is 0.407 e. The van der Waals surface area contributed by atoms with Gasteiger partial charge in [-0.15, -0.1) is 0 Å². The number of carboxylic acid groups (broad SMARTS) is 2. The van der Waals surface area contributed by atoms with E-state index in [1.165, 1.54) is 0 Å². The van der Waals surface area contributed by atoms with Gasteiger partial charge in [0.05, 0.1) is 92.1 Å². The summed E-state index contributed by atoms with van der Waals surface area (Å²) < 4.78 is 37.0. The van der Waals surface area contributed by atoms with Crippen LogP contribution in [0.3, 0.4) is 0 Å². The van der Waals surface area contributed by atoms with Crippen LogP contribution in [0.15, 0.2) is 0 Å². The fourth-order valence-electron chi connectivity index (χ4n) is 3.45. The largest absolute Gasteiger partial charge is 0.481 e. The summed E-state index contributed by atoms with van der Waals surface area (Å²) in [5, 5.41) is 25.3. The first-order chi connectivity index (χ1) is 22.4. The minimum absolute atomic E-state index is 0.0377. The second-order valence-corrected chi connectivity index (χ2v) is 11.0. The molecule has 0 heterocycles. The number of aliphatic carboxylic acids is 2. The molecule has 0 aromatic heterocycles. The number of ether oxygens (including phenoxy) is 7. The maximum absolute atomic E-state index is 12.9.